The van der Waals surface area contributed by atoms with Crippen LogP contribution in [0.25, 0.3) is 0 Å². The fourth-order valence-corrected chi connectivity index (χ4v) is 4.94. The van der Waals surface area contributed by atoms with Gasteiger partial charge in [-0.1, -0.05) is 6.92 Å². The zero-order chi connectivity index (χ0) is 10.8. The van der Waals surface area contributed by atoms with Gasteiger partial charge in [0.05, 0.1) is 0 Å². The molecule has 14 heavy (non-hydrogen) atoms. The van der Waals surface area contributed by atoms with Crippen LogP contribution in [0.5, 0.6) is 0 Å². The van der Waals surface area contributed by atoms with Crippen LogP contribution in [-0.4, -0.2) is 45.9 Å². The second kappa shape index (κ2) is 4.55. The van der Waals surface area contributed by atoms with Crippen molar-refractivity contribution in [3.8, 4) is 0 Å². The van der Waals surface area contributed by atoms with Gasteiger partial charge < -0.3 is 14.1 Å². The van der Waals surface area contributed by atoms with Crippen molar-refractivity contribution in [2.24, 2.45) is 5.92 Å². The molecule has 1 aliphatic heterocycles. The Hall–Kier alpha value is -0.193. The van der Waals surface area contributed by atoms with Crippen molar-refractivity contribution in [3.05, 3.63) is 0 Å². The third-order valence-corrected chi connectivity index (χ3v) is 6.93. The molecule has 1 rings (SSSR count). The van der Waals surface area contributed by atoms with E-state index in [1.165, 1.54) is 0 Å². The second-order valence-corrected chi connectivity index (χ2v) is 8.52. The number of carbonyl (C=O) groups excluding carboxylic acids is 1. The summed E-state index contributed by atoms with van der Waals surface area (Å²) in [5.41, 5.74) is 0. The molecule has 0 bridgehead atoms. The highest BCUT2D eigenvalue weighted by atomic mass is 28.4. The van der Waals surface area contributed by atoms with E-state index in [0.717, 1.165) is 19.1 Å². The standard InChI is InChI=1S/C10H21NO2Si/c1-9-7-11(2)6-5-10(12)14(4,8-9)13-3/h9H,5-8H2,1-4H3. The quantitative estimate of drug-likeness (QED) is 0.617. The minimum Gasteiger partial charge on any atom is -0.412 e. The molecule has 0 N–H and O–H groups in total. The van der Waals surface area contributed by atoms with Crippen LogP contribution in [0.4, 0.5) is 0 Å². The number of hydrogen-bond donors (Lipinski definition) is 0. The molecule has 0 radical (unpaired) electrons. The normalized spacial score (nSPS) is 36.6. The molecule has 2 unspecified atom stereocenters. The Kier molecular flexibility index (Phi) is 3.86. The van der Waals surface area contributed by atoms with Crippen molar-refractivity contribution in [1.29, 1.82) is 0 Å². The van der Waals surface area contributed by atoms with Gasteiger partial charge >= 0.3 is 0 Å². The summed E-state index contributed by atoms with van der Waals surface area (Å²) in [6.07, 6.45) is 0.666. The van der Waals surface area contributed by atoms with Gasteiger partial charge in [-0.2, -0.15) is 0 Å². The molecule has 3 nitrogen and oxygen atoms in total. The van der Waals surface area contributed by atoms with E-state index in [-0.39, 0.29) is 0 Å². The van der Waals surface area contributed by atoms with Gasteiger partial charge in [-0.25, -0.2) is 0 Å². The first-order chi connectivity index (χ1) is 6.48. The lowest BCUT2D eigenvalue weighted by Crippen LogP contribution is -2.49. The molecule has 2 atom stereocenters. The molecule has 0 aliphatic carbocycles. The Morgan fingerprint density at radius 3 is 2.79 bits per heavy atom. The fourth-order valence-electron chi connectivity index (χ4n) is 2.22. The third kappa shape index (κ3) is 2.65. The first-order valence-corrected chi connectivity index (χ1v) is 7.86. The van der Waals surface area contributed by atoms with Crippen LogP contribution >= 0.6 is 0 Å². The molecule has 0 aromatic heterocycles. The molecular formula is C10H21NO2Si. The smallest absolute Gasteiger partial charge is 0.261 e. The summed E-state index contributed by atoms with van der Waals surface area (Å²) in [6, 6.07) is 0.965. The van der Waals surface area contributed by atoms with Crippen molar-refractivity contribution >= 4 is 13.7 Å². The summed E-state index contributed by atoms with van der Waals surface area (Å²) in [5, 5.41) is 0.374. The van der Waals surface area contributed by atoms with Gasteiger partial charge in [0.25, 0.3) is 8.32 Å². The Morgan fingerprint density at radius 2 is 2.21 bits per heavy atom. The molecule has 1 fully saturated rings. The molecule has 1 saturated heterocycles. The SMILES string of the molecule is CO[Si]1(C)CC(C)CN(C)CCC1=O. The molecular weight excluding hydrogens is 194 g/mol. The number of rotatable bonds is 1. The maximum atomic E-state index is 11.9. The fraction of sp³-hybridized carbons (Fsp3) is 0.900. The monoisotopic (exact) mass is 215 g/mol. The van der Waals surface area contributed by atoms with Crippen LogP contribution in [-0.2, 0) is 9.22 Å². The van der Waals surface area contributed by atoms with Crippen molar-refractivity contribution in [3.63, 3.8) is 0 Å². The van der Waals surface area contributed by atoms with E-state index in [0.29, 0.717) is 17.7 Å². The zero-order valence-electron chi connectivity index (χ0n) is 9.67. The van der Waals surface area contributed by atoms with Crippen molar-refractivity contribution < 1.29 is 9.22 Å². The Labute approximate surface area is 87.6 Å². The molecule has 82 valence electrons. The molecule has 4 heteroatoms. The van der Waals surface area contributed by atoms with E-state index >= 15 is 0 Å². The first-order valence-electron chi connectivity index (χ1n) is 5.25. The summed E-state index contributed by atoms with van der Waals surface area (Å²) in [6.45, 7) is 6.23. The zero-order valence-corrected chi connectivity index (χ0v) is 10.7. The predicted octanol–water partition coefficient (Wildman–Crippen LogP) is 1.29. The summed E-state index contributed by atoms with van der Waals surface area (Å²) in [4.78, 5) is 14.2. The summed E-state index contributed by atoms with van der Waals surface area (Å²) < 4.78 is 5.50. The van der Waals surface area contributed by atoms with Gasteiger partial charge in [-0.05, 0) is 25.6 Å². The van der Waals surface area contributed by atoms with E-state index in [2.05, 4.69) is 25.4 Å². The Morgan fingerprint density at radius 1 is 1.57 bits per heavy atom. The lowest BCUT2D eigenvalue weighted by Gasteiger charge is -2.32. The molecule has 0 amide bonds. The van der Waals surface area contributed by atoms with Crippen LogP contribution in [0, 0.1) is 5.92 Å². The van der Waals surface area contributed by atoms with Crippen LogP contribution in [0.2, 0.25) is 12.6 Å². The average Bonchev–Trinajstić information content (AvgIpc) is 2.12. The van der Waals surface area contributed by atoms with E-state index in [1.807, 2.05) is 0 Å². The molecule has 1 aliphatic rings. The second-order valence-electron chi connectivity index (χ2n) is 4.68. The number of hydrogen-bond acceptors (Lipinski definition) is 3. The molecule has 0 saturated carbocycles. The Bertz CT molecular complexity index is 222. The van der Waals surface area contributed by atoms with E-state index in [9.17, 15) is 4.79 Å². The lowest BCUT2D eigenvalue weighted by molar-refractivity contribution is -0.114. The van der Waals surface area contributed by atoms with Crippen molar-refractivity contribution in [2.45, 2.75) is 25.9 Å². The van der Waals surface area contributed by atoms with Gasteiger partial charge in [0, 0.05) is 26.6 Å². The molecule has 0 aromatic rings. The van der Waals surface area contributed by atoms with Crippen molar-refractivity contribution in [1.82, 2.24) is 4.90 Å². The summed E-state index contributed by atoms with van der Waals surface area (Å²) in [7, 11) is 1.73. The Balaban J connectivity index is 2.74. The molecule has 0 spiro atoms. The van der Waals surface area contributed by atoms with Gasteiger partial charge in [0.1, 0.15) is 5.41 Å². The van der Waals surface area contributed by atoms with E-state index in [1.54, 1.807) is 7.11 Å². The summed E-state index contributed by atoms with van der Waals surface area (Å²) in [5.74, 6) is 0.570. The number of carbonyl (C=O) groups is 1. The number of nitrogens with zero attached hydrogens (tertiary/aromatic N) is 1. The minimum absolute atomic E-state index is 0.374. The first kappa shape index (κ1) is 11.9. The van der Waals surface area contributed by atoms with Gasteiger partial charge in [0.15, 0.2) is 0 Å². The van der Waals surface area contributed by atoms with Crippen LogP contribution in [0.3, 0.4) is 0 Å². The van der Waals surface area contributed by atoms with Crippen LogP contribution < -0.4 is 0 Å². The highest BCUT2D eigenvalue weighted by Crippen LogP contribution is 2.23. The third-order valence-electron chi connectivity index (χ3n) is 3.12. The van der Waals surface area contributed by atoms with E-state index in [4.69, 9.17) is 4.43 Å². The topological polar surface area (TPSA) is 29.5 Å². The minimum atomic E-state index is -2.05. The molecule has 1 heterocycles. The lowest BCUT2D eigenvalue weighted by atomic mass is 10.2. The van der Waals surface area contributed by atoms with E-state index < -0.39 is 8.32 Å². The maximum Gasteiger partial charge on any atom is 0.261 e. The van der Waals surface area contributed by atoms with Crippen LogP contribution in [0.15, 0.2) is 0 Å². The van der Waals surface area contributed by atoms with Crippen LogP contribution in [0.1, 0.15) is 13.3 Å². The predicted molar refractivity (Wildman–Crippen MR) is 59.7 cm³/mol. The average molecular weight is 215 g/mol. The van der Waals surface area contributed by atoms with Gasteiger partial charge in [0.2, 0.25) is 0 Å². The van der Waals surface area contributed by atoms with Gasteiger partial charge in [-0.15, -0.1) is 0 Å². The highest BCUT2D eigenvalue weighted by molar-refractivity contribution is 7.00. The van der Waals surface area contributed by atoms with Crippen molar-refractivity contribution in [2.75, 3.05) is 27.2 Å². The largest absolute Gasteiger partial charge is 0.412 e. The van der Waals surface area contributed by atoms with Gasteiger partial charge in [-0.3, -0.25) is 0 Å². The highest BCUT2D eigenvalue weighted by Gasteiger charge is 2.39. The molecule has 0 aromatic carbocycles. The maximum absolute atomic E-state index is 11.9. The summed E-state index contributed by atoms with van der Waals surface area (Å²) >= 11 is 0.